The molecule has 0 radical (unpaired) electrons. The summed E-state index contributed by atoms with van der Waals surface area (Å²) in [7, 11) is 0. The zero-order chi connectivity index (χ0) is 14.8. The maximum Gasteiger partial charge on any atom is 0.164 e. The molecular formula is C16H22F2N2O. The minimum Gasteiger partial charge on any atom is -0.387 e. The first-order valence-corrected chi connectivity index (χ1v) is 7.70. The van der Waals surface area contributed by atoms with Gasteiger partial charge in [0.25, 0.3) is 0 Å². The summed E-state index contributed by atoms with van der Waals surface area (Å²) in [6.07, 6.45) is 1.74. The minimum absolute atomic E-state index is 0.0513. The molecule has 1 atom stereocenters. The van der Waals surface area contributed by atoms with Gasteiger partial charge >= 0.3 is 0 Å². The first-order valence-electron chi connectivity index (χ1n) is 7.70. The third kappa shape index (κ3) is 3.78. The monoisotopic (exact) mass is 296 g/mol. The van der Waals surface area contributed by atoms with Crippen LogP contribution in [0.4, 0.5) is 8.78 Å². The lowest BCUT2D eigenvalue weighted by atomic mass is 10.1. The Morgan fingerprint density at radius 1 is 1.10 bits per heavy atom. The molecule has 3 rings (SSSR count). The molecule has 0 spiro atoms. The van der Waals surface area contributed by atoms with Crippen LogP contribution in [0.25, 0.3) is 0 Å². The van der Waals surface area contributed by atoms with Gasteiger partial charge in [0.15, 0.2) is 11.6 Å². The summed E-state index contributed by atoms with van der Waals surface area (Å²) >= 11 is 0. The minimum atomic E-state index is -0.976. The van der Waals surface area contributed by atoms with Crippen LogP contribution in [0.3, 0.4) is 0 Å². The normalized spacial score (nSPS) is 22.4. The summed E-state index contributed by atoms with van der Waals surface area (Å²) in [5.74, 6) is -0.943. The summed E-state index contributed by atoms with van der Waals surface area (Å²) in [4.78, 5) is 4.59. The van der Waals surface area contributed by atoms with Crippen molar-refractivity contribution in [3.8, 4) is 0 Å². The number of halogens is 2. The molecule has 2 aliphatic rings. The van der Waals surface area contributed by atoms with Crippen LogP contribution < -0.4 is 0 Å². The average Bonchev–Trinajstić information content (AvgIpc) is 3.28. The average molecular weight is 296 g/mol. The Kier molecular flexibility index (Phi) is 4.52. The number of hydrogen-bond donors (Lipinski definition) is 1. The molecule has 0 amide bonds. The number of β-amino-alcohol motifs (C(OH)–C–C–N with tert-alkyl or cyclic N) is 1. The second-order valence-electron chi connectivity index (χ2n) is 6.20. The van der Waals surface area contributed by atoms with E-state index in [2.05, 4.69) is 9.80 Å². The number of nitrogens with zero attached hydrogens (tertiary/aromatic N) is 2. The van der Waals surface area contributed by atoms with Crippen molar-refractivity contribution in [1.29, 1.82) is 0 Å². The summed E-state index contributed by atoms with van der Waals surface area (Å²) in [5, 5.41) is 10.1. The Bertz CT molecular complexity index is 485. The molecule has 1 heterocycles. The predicted octanol–water partition coefficient (Wildman–Crippen LogP) is 2.03. The van der Waals surface area contributed by atoms with Crippen molar-refractivity contribution in [2.45, 2.75) is 18.9 Å². The Morgan fingerprint density at radius 3 is 2.43 bits per heavy atom. The van der Waals surface area contributed by atoms with E-state index >= 15 is 0 Å². The molecule has 1 aromatic carbocycles. The van der Waals surface area contributed by atoms with Crippen molar-refractivity contribution in [1.82, 2.24) is 9.80 Å². The van der Waals surface area contributed by atoms with Gasteiger partial charge in [-0.1, -0.05) is 12.1 Å². The first kappa shape index (κ1) is 14.9. The topological polar surface area (TPSA) is 26.7 Å². The molecule has 0 bridgehead atoms. The Morgan fingerprint density at radius 2 is 1.76 bits per heavy atom. The molecule has 1 saturated carbocycles. The van der Waals surface area contributed by atoms with E-state index in [1.54, 1.807) is 0 Å². The molecule has 1 aromatic rings. The number of hydrogen-bond acceptors (Lipinski definition) is 3. The molecule has 116 valence electrons. The number of aliphatic hydroxyl groups excluding tert-OH is 1. The maximum absolute atomic E-state index is 13.7. The third-order valence-corrected chi connectivity index (χ3v) is 4.45. The number of aliphatic hydroxyl groups is 1. The molecule has 1 aliphatic heterocycles. The van der Waals surface area contributed by atoms with Crippen molar-refractivity contribution in [3.05, 3.63) is 35.4 Å². The van der Waals surface area contributed by atoms with Crippen molar-refractivity contribution in [3.63, 3.8) is 0 Å². The fourth-order valence-electron chi connectivity index (χ4n) is 2.94. The summed E-state index contributed by atoms with van der Waals surface area (Å²) in [5.41, 5.74) is 0.0513. The molecule has 1 N–H and O–H groups in total. The van der Waals surface area contributed by atoms with Crippen molar-refractivity contribution in [2.75, 3.05) is 39.3 Å². The van der Waals surface area contributed by atoms with Crippen LogP contribution in [0.5, 0.6) is 0 Å². The Hall–Kier alpha value is -1.04. The van der Waals surface area contributed by atoms with E-state index in [1.807, 2.05) is 0 Å². The van der Waals surface area contributed by atoms with E-state index in [0.29, 0.717) is 6.54 Å². The van der Waals surface area contributed by atoms with Crippen LogP contribution in [-0.2, 0) is 0 Å². The molecule has 1 aliphatic carbocycles. The van der Waals surface area contributed by atoms with E-state index in [4.69, 9.17) is 0 Å². The fraction of sp³-hybridized carbons (Fsp3) is 0.625. The van der Waals surface area contributed by atoms with Crippen molar-refractivity contribution < 1.29 is 13.9 Å². The Labute approximate surface area is 124 Å². The predicted molar refractivity (Wildman–Crippen MR) is 76.9 cm³/mol. The van der Waals surface area contributed by atoms with Gasteiger partial charge < -0.3 is 10.0 Å². The fourth-order valence-corrected chi connectivity index (χ4v) is 2.94. The Balaban J connectivity index is 1.51. The summed E-state index contributed by atoms with van der Waals surface area (Å²) < 4.78 is 26.8. The number of rotatable bonds is 5. The zero-order valence-corrected chi connectivity index (χ0v) is 12.1. The highest BCUT2D eigenvalue weighted by Crippen LogP contribution is 2.30. The van der Waals surface area contributed by atoms with Crippen LogP contribution in [0.2, 0.25) is 0 Å². The van der Waals surface area contributed by atoms with Gasteiger partial charge in [-0.2, -0.15) is 0 Å². The molecule has 1 unspecified atom stereocenters. The smallest absolute Gasteiger partial charge is 0.164 e. The van der Waals surface area contributed by atoms with Crippen LogP contribution in [0, 0.1) is 17.6 Å². The second-order valence-corrected chi connectivity index (χ2v) is 6.20. The zero-order valence-electron chi connectivity index (χ0n) is 12.1. The van der Waals surface area contributed by atoms with Gasteiger partial charge in [-0.25, -0.2) is 8.78 Å². The first-order chi connectivity index (χ1) is 10.1. The highest BCUT2D eigenvalue weighted by molar-refractivity contribution is 5.21. The lowest BCUT2D eigenvalue weighted by Crippen LogP contribution is -2.48. The van der Waals surface area contributed by atoms with Gasteiger partial charge in [-0.05, 0) is 24.8 Å². The van der Waals surface area contributed by atoms with Gasteiger partial charge in [0.1, 0.15) is 0 Å². The molecular weight excluding hydrogens is 274 g/mol. The SMILES string of the molecule is OC(CN1CCN(CC2CC2)CC1)c1cccc(F)c1F. The van der Waals surface area contributed by atoms with E-state index < -0.39 is 17.7 Å². The maximum atomic E-state index is 13.7. The van der Waals surface area contributed by atoms with E-state index in [-0.39, 0.29) is 5.56 Å². The third-order valence-electron chi connectivity index (χ3n) is 4.45. The van der Waals surface area contributed by atoms with Crippen molar-refractivity contribution in [2.24, 2.45) is 5.92 Å². The number of benzene rings is 1. The molecule has 21 heavy (non-hydrogen) atoms. The van der Waals surface area contributed by atoms with Gasteiger partial charge in [0, 0.05) is 44.8 Å². The quantitative estimate of drug-likeness (QED) is 0.900. The van der Waals surface area contributed by atoms with E-state index in [0.717, 1.165) is 38.2 Å². The summed E-state index contributed by atoms with van der Waals surface area (Å²) in [6.45, 7) is 5.29. The largest absolute Gasteiger partial charge is 0.387 e. The van der Waals surface area contributed by atoms with Crippen LogP contribution in [-0.4, -0.2) is 54.2 Å². The molecule has 1 saturated heterocycles. The lowest BCUT2D eigenvalue weighted by molar-refractivity contribution is 0.0691. The molecule has 0 aromatic heterocycles. The second kappa shape index (κ2) is 6.38. The molecule has 5 heteroatoms. The highest BCUT2D eigenvalue weighted by Gasteiger charge is 2.27. The van der Waals surface area contributed by atoms with E-state index in [9.17, 15) is 13.9 Å². The highest BCUT2D eigenvalue weighted by atomic mass is 19.2. The molecule has 3 nitrogen and oxygen atoms in total. The summed E-state index contributed by atoms with van der Waals surface area (Å²) in [6, 6.07) is 3.96. The standard InChI is InChI=1S/C16H22F2N2O/c17-14-3-1-2-13(16(14)18)15(21)11-20-8-6-19(7-9-20)10-12-4-5-12/h1-3,12,15,21H,4-11H2. The van der Waals surface area contributed by atoms with Crippen LogP contribution in [0.15, 0.2) is 18.2 Å². The van der Waals surface area contributed by atoms with Gasteiger partial charge in [0.2, 0.25) is 0 Å². The lowest BCUT2D eigenvalue weighted by Gasteiger charge is -2.35. The van der Waals surface area contributed by atoms with Gasteiger partial charge in [0.05, 0.1) is 6.10 Å². The van der Waals surface area contributed by atoms with Crippen molar-refractivity contribution >= 4 is 0 Å². The van der Waals surface area contributed by atoms with Gasteiger partial charge in [-0.15, -0.1) is 0 Å². The molecule has 2 fully saturated rings. The number of piperazine rings is 1. The van der Waals surface area contributed by atoms with Gasteiger partial charge in [-0.3, -0.25) is 4.90 Å². The van der Waals surface area contributed by atoms with E-state index in [1.165, 1.54) is 31.5 Å². The van der Waals surface area contributed by atoms with Crippen LogP contribution >= 0.6 is 0 Å². The van der Waals surface area contributed by atoms with Crippen LogP contribution in [0.1, 0.15) is 24.5 Å².